The zero-order chi connectivity index (χ0) is 22.0. The summed E-state index contributed by atoms with van der Waals surface area (Å²) >= 11 is 0. The number of rotatable bonds is 6. The third kappa shape index (κ3) is 4.13. The number of hydrogen-bond acceptors (Lipinski definition) is 4. The maximum atomic E-state index is 12.9. The van der Waals surface area contributed by atoms with E-state index in [2.05, 4.69) is 28.9 Å². The van der Waals surface area contributed by atoms with Crippen LogP contribution in [0.2, 0.25) is 0 Å². The van der Waals surface area contributed by atoms with E-state index in [4.69, 9.17) is 0 Å². The van der Waals surface area contributed by atoms with Gasteiger partial charge in [0.1, 0.15) is 5.54 Å². The van der Waals surface area contributed by atoms with Crippen LogP contribution in [0.3, 0.4) is 0 Å². The Kier molecular flexibility index (Phi) is 5.44. The zero-order valence-corrected chi connectivity index (χ0v) is 17.5. The van der Waals surface area contributed by atoms with Crippen molar-refractivity contribution in [1.82, 2.24) is 20.7 Å². The molecule has 4 rings (SSSR count). The predicted octanol–water partition coefficient (Wildman–Crippen LogP) is 2.77. The summed E-state index contributed by atoms with van der Waals surface area (Å²) in [5.74, 6) is -0.960. The molecule has 0 aromatic heterocycles. The number of benzene rings is 3. The van der Waals surface area contributed by atoms with Gasteiger partial charge in [-0.3, -0.25) is 19.9 Å². The van der Waals surface area contributed by atoms with Crippen LogP contribution in [0.4, 0.5) is 4.79 Å². The number of imide groups is 1. The predicted molar refractivity (Wildman–Crippen MR) is 118 cm³/mol. The molecule has 1 aliphatic rings. The van der Waals surface area contributed by atoms with Gasteiger partial charge in [0.25, 0.3) is 11.8 Å². The van der Waals surface area contributed by atoms with Gasteiger partial charge in [0, 0.05) is 6.54 Å². The van der Waals surface area contributed by atoms with Crippen LogP contribution in [0.25, 0.3) is 10.8 Å². The Morgan fingerprint density at radius 2 is 1.68 bits per heavy atom. The standard InChI is InChI=1S/C24H24N4O3/c1-24(20-10-4-3-5-11-20)22(30)28(23(31)25-24)26-21(29)16-27(2)15-17-12-13-18-8-6-7-9-19(18)14-17/h3-14H,15-16H2,1-2H3,(H,25,31)(H,26,29)/t24-/m1/s1. The average Bonchev–Trinajstić information content (AvgIpc) is 2.98. The maximum absolute atomic E-state index is 12.9. The van der Waals surface area contributed by atoms with Crippen LogP contribution in [0.1, 0.15) is 18.1 Å². The summed E-state index contributed by atoms with van der Waals surface area (Å²) in [6.45, 7) is 2.21. The van der Waals surface area contributed by atoms with Crippen molar-refractivity contribution in [3.05, 3.63) is 83.9 Å². The second kappa shape index (κ2) is 8.20. The third-order valence-corrected chi connectivity index (χ3v) is 5.46. The first kappa shape index (κ1) is 20.6. The second-order valence-corrected chi connectivity index (χ2v) is 7.95. The molecule has 4 amide bonds. The molecule has 7 heteroatoms. The molecule has 3 aromatic carbocycles. The van der Waals surface area contributed by atoms with Crippen molar-refractivity contribution >= 4 is 28.6 Å². The number of carbonyl (C=O) groups is 3. The highest BCUT2D eigenvalue weighted by molar-refractivity contribution is 6.08. The van der Waals surface area contributed by atoms with E-state index >= 15 is 0 Å². The number of hydrogen-bond donors (Lipinski definition) is 2. The number of amides is 4. The first-order valence-corrected chi connectivity index (χ1v) is 10.0. The molecule has 1 saturated heterocycles. The number of carbonyl (C=O) groups excluding carboxylic acids is 3. The smallest absolute Gasteiger partial charge is 0.318 e. The van der Waals surface area contributed by atoms with Crippen molar-refractivity contribution in [3.63, 3.8) is 0 Å². The van der Waals surface area contributed by atoms with Gasteiger partial charge in [-0.1, -0.05) is 66.7 Å². The Hall–Kier alpha value is -3.71. The van der Waals surface area contributed by atoms with Gasteiger partial charge in [0.15, 0.2) is 0 Å². The molecule has 158 valence electrons. The van der Waals surface area contributed by atoms with Gasteiger partial charge in [-0.25, -0.2) is 4.79 Å². The molecule has 7 nitrogen and oxygen atoms in total. The van der Waals surface area contributed by atoms with Crippen molar-refractivity contribution in [2.45, 2.75) is 19.0 Å². The average molecular weight is 416 g/mol. The molecule has 1 atom stereocenters. The van der Waals surface area contributed by atoms with Gasteiger partial charge in [0.2, 0.25) is 0 Å². The Morgan fingerprint density at radius 3 is 2.42 bits per heavy atom. The summed E-state index contributed by atoms with van der Waals surface area (Å²) in [7, 11) is 1.81. The monoisotopic (exact) mass is 416 g/mol. The molecule has 0 radical (unpaired) electrons. The van der Waals surface area contributed by atoms with Crippen LogP contribution < -0.4 is 10.7 Å². The topological polar surface area (TPSA) is 81.8 Å². The Morgan fingerprint density at radius 1 is 1.00 bits per heavy atom. The quantitative estimate of drug-likeness (QED) is 0.606. The fourth-order valence-corrected chi connectivity index (χ4v) is 3.82. The lowest BCUT2D eigenvalue weighted by Crippen LogP contribution is -2.50. The summed E-state index contributed by atoms with van der Waals surface area (Å²) in [5, 5.41) is 5.73. The normalized spacial score (nSPS) is 18.5. The largest absolute Gasteiger partial charge is 0.344 e. The van der Waals surface area contributed by atoms with Crippen molar-refractivity contribution in [3.8, 4) is 0 Å². The van der Waals surface area contributed by atoms with Crippen LogP contribution in [-0.4, -0.2) is 41.3 Å². The first-order valence-electron chi connectivity index (χ1n) is 10.0. The van der Waals surface area contributed by atoms with Gasteiger partial charge < -0.3 is 5.32 Å². The minimum atomic E-state index is -1.22. The summed E-state index contributed by atoms with van der Waals surface area (Å²) in [6.07, 6.45) is 0. The van der Waals surface area contributed by atoms with E-state index in [1.54, 1.807) is 31.2 Å². The molecule has 2 N–H and O–H groups in total. The summed E-state index contributed by atoms with van der Waals surface area (Å²) < 4.78 is 0. The fraction of sp³-hybridized carbons (Fsp3) is 0.208. The van der Waals surface area contributed by atoms with Crippen LogP contribution in [0, 0.1) is 0 Å². The summed E-state index contributed by atoms with van der Waals surface area (Å²) in [4.78, 5) is 39.6. The lowest BCUT2D eigenvalue weighted by Gasteiger charge is -2.22. The molecule has 1 fully saturated rings. The molecule has 1 heterocycles. The lowest BCUT2D eigenvalue weighted by molar-refractivity contribution is -0.139. The molecule has 0 unspecified atom stereocenters. The van der Waals surface area contributed by atoms with Crippen molar-refractivity contribution in [2.24, 2.45) is 0 Å². The van der Waals surface area contributed by atoms with E-state index in [-0.39, 0.29) is 6.54 Å². The Balaban J connectivity index is 1.38. The highest BCUT2D eigenvalue weighted by atomic mass is 16.2. The van der Waals surface area contributed by atoms with Crippen LogP contribution in [0.15, 0.2) is 72.8 Å². The number of nitrogens with one attached hydrogen (secondary N) is 2. The van der Waals surface area contributed by atoms with E-state index in [0.717, 1.165) is 21.3 Å². The van der Waals surface area contributed by atoms with E-state index in [1.807, 2.05) is 42.3 Å². The molecule has 0 saturated carbocycles. The SMILES string of the molecule is CN(CC(=O)NN1C(=O)N[C@](C)(c2ccccc2)C1=O)Cc1ccc2ccccc2c1. The van der Waals surface area contributed by atoms with Gasteiger partial charge in [-0.2, -0.15) is 5.01 Å². The van der Waals surface area contributed by atoms with Crippen molar-refractivity contribution in [1.29, 1.82) is 0 Å². The molecule has 1 aliphatic heterocycles. The van der Waals surface area contributed by atoms with Crippen LogP contribution in [0.5, 0.6) is 0 Å². The number of hydrazine groups is 1. The molecular weight excluding hydrogens is 392 g/mol. The van der Waals surface area contributed by atoms with Crippen LogP contribution >= 0.6 is 0 Å². The van der Waals surface area contributed by atoms with E-state index in [1.165, 1.54) is 0 Å². The number of nitrogens with zero attached hydrogens (tertiary/aromatic N) is 2. The summed E-state index contributed by atoms with van der Waals surface area (Å²) in [5.41, 5.74) is 2.94. The molecule has 0 spiro atoms. The fourth-order valence-electron chi connectivity index (χ4n) is 3.82. The number of fused-ring (bicyclic) bond motifs is 1. The minimum absolute atomic E-state index is 0.0337. The Bertz CT molecular complexity index is 1150. The molecule has 0 aliphatic carbocycles. The van der Waals surface area contributed by atoms with E-state index in [9.17, 15) is 14.4 Å². The molecular formula is C24H24N4O3. The highest BCUT2D eigenvalue weighted by Gasteiger charge is 2.49. The number of likely N-dealkylation sites (N-methyl/N-ethyl adjacent to an activating group) is 1. The molecule has 0 bridgehead atoms. The van der Waals surface area contributed by atoms with Crippen molar-refractivity contribution in [2.75, 3.05) is 13.6 Å². The van der Waals surface area contributed by atoms with E-state index < -0.39 is 23.4 Å². The van der Waals surface area contributed by atoms with Gasteiger partial charge in [-0.15, -0.1) is 0 Å². The van der Waals surface area contributed by atoms with E-state index in [0.29, 0.717) is 12.1 Å². The minimum Gasteiger partial charge on any atom is -0.318 e. The third-order valence-electron chi connectivity index (χ3n) is 5.46. The highest BCUT2D eigenvalue weighted by Crippen LogP contribution is 2.27. The second-order valence-electron chi connectivity index (χ2n) is 7.95. The lowest BCUT2D eigenvalue weighted by atomic mass is 9.92. The van der Waals surface area contributed by atoms with Gasteiger partial charge in [0.05, 0.1) is 6.54 Å². The zero-order valence-electron chi connectivity index (χ0n) is 17.5. The molecule has 3 aromatic rings. The van der Waals surface area contributed by atoms with Crippen molar-refractivity contribution < 1.29 is 14.4 Å². The maximum Gasteiger partial charge on any atom is 0.344 e. The Labute approximate surface area is 180 Å². The summed E-state index contributed by atoms with van der Waals surface area (Å²) in [6, 6.07) is 22.6. The first-order chi connectivity index (χ1) is 14.9. The molecule has 31 heavy (non-hydrogen) atoms. The van der Waals surface area contributed by atoms with Crippen LogP contribution in [-0.2, 0) is 21.7 Å². The van der Waals surface area contributed by atoms with Gasteiger partial charge >= 0.3 is 6.03 Å². The number of urea groups is 1. The van der Waals surface area contributed by atoms with Gasteiger partial charge in [-0.05, 0) is 41.9 Å².